The van der Waals surface area contributed by atoms with E-state index in [4.69, 9.17) is 0 Å². The van der Waals surface area contributed by atoms with Crippen LogP contribution in [0.3, 0.4) is 0 Å². The van der Waals surface area contributed by atoms with Gasteiger partial charge in [-0.2, -0.15) is 0 Å². The molecule has 14 heavy (non-hydrogen) atoms. The molecule has 82 valence electrons. The predicted molar refractivity (Wildman–Crippen MR) is 65.1 cm³/mol. The molecule has 2 unspecified atom stereocenters. The van der Waals surface area contributed by atoms with Gasteiger partial charge in [0, 0.05) is 18.3 Å². The summed E-state index contributed by atoms with van der Waals surface area (Å²) in [6, 6.07) is 0.965. The van der Waals surface area contributed by atoms with Gasteiger partial charge in [0.05, 0.1) is 6.04 Å². The number of nitrogens with one attached hydrogen (secondary N) is 1. The molecule has 0 bridgehead atoms. The van der Waals surface area contributed by atoms with Gasteiger partial charge in [0.2, 0.25) is 0 Å². The Balaban J connectivity index is 2.35. The van der Waals surface area contributed by atoms with Gasteiger partial charge < -0.3 is 10.2 Å². The summed E-state index contributed by atoms with van der Waals surface area (Å²) < 4.78 is 0. The Kier molecular flexibility index (Phi) is 4.75. The number of amidine groups is 1. The summed E-state index contributed by atoms with van der Waals surface area (Å²) in [5.41, 5.74) is 0. The Morgan fingerprint density at radius 3 is 2.93 bits per heavy atom. The molecule has 1 rings (SSSR count). The second-order valence-corrected chi connectivity index (χ2v) is 5.31. The fourth-order valence-corrected chi connectivity index (χ4v) is 2.70. The zero-order chi connectivity index (χ0) is 10.6. The fraction of sp³-hybridized carbons (Fsp3) is 0.900. The first-order valence-electron chi connectivity index (χ1n) is 5.20. The fourth-order valence-electron chi connectivity index (χ4n) is 1.51. The number of hydrogen-bond donors (Lipinski definition) is 1. The summed E-state index contributed by atoms with van der Waals surface area (Å²) in [7, 11) is 4.19. The van der Waals surface area contributed by atoms with Gasteiger partial charge in [-0.05, 0) is 34.4 Å². The van der Waals surface area contributed by atoms with E-state index in [0.29, 0.717) is 12.1 Å². The highest BCUT2D eigenvalue weighted by Gasteiger charge is 2.13. The third-order valence-corrected chi connectivity index (χ3v) is 3.06. The molecule has 0 fully saturated rings. The van der Waals surface area contributed by atoms with Crippen LogP contribution in [-0.2, 0) is 0 Å². The molecule has 1 aliphatic rings. The highest BCUT2D eigenvalue weighted by atomic mass is 32.2. The molecule has 0 radical (unpaired) electrons. The van der Waals surface area contributed by atoms with Gasteiger partial charge in [0.1, 0.15) is 0 Å². The van der Waals surface area contributed by atoms with Crippen LogP contribution in [-0.4, -0.2) is 48.5 Å². The molecular weight excluding hydrogens is 194 g/mol. The van der Waals surface area contributed by atoms with Gasteiger partial charge in [-0.1, -0.05) is 11.8 Å². The van der Waals surface area contributed by atoms with Crippen molar-refractivity contribution in [1.29, 1.82) is 0 Å². The van der Waals surface area contributed by atoms with Crippen LogP contribution in [0.25, 0.3) is 0 Å². The van der Waals surface area contributed by atoms with Crippen LogP contribution in [0, 0.1) is 0 Å². The summed E-state index contributed by atoms with van der Waals surface area (Å²) >= 11 is 1.84. The largest absolute Gasteiger partial charge is 0.361 e. The maximum Gasteiger partial charge on any atom is 0.157 e. The predicted octanol–water partition coefficient (Wildman–Crippen LogP) is 1.41. The van der Waals surface area contributed by atoms with E-state index in [9.17, 15) is 0 Å². The summed E-state index contributed by atoms with van der Waals surface area (Å²) in [5, 5.41) is 4.58. The number of hydrogen-bond acceptors (Lipinski definition) is 4. The van der Waals surface area contributed by atoms with Crippen molar-refractivity contribution in [2.45, 2.75) is 32.4 Å². The second-order valence-electron chi connectivity index (χ2n) is 4.23. The standard InChI is InChI=1S/C10H21N3S/c1-8-5-6-14-10(11-8)12-9(2)7-13(3)4/h8-9H,5-7H2,1-4H3,(H,11,12). The molecule has 1 heterocycles. The molecule has 0 amide bonds. The summed E-state index contributed by atoms with van der Waals surface area (Å²) in [6.45, 7) is 5.42. The van der Waals surface area contributed by atoms with Crippen molar-refractivity contribution >= 4 is 16.9 Å². The minimum absolute atomic E-state index is 0.474. The zero-order valence-corrected chi connectivity index (χ0v) is 10.4. The molecule has 0 aliphatic carbocycles. The first kappa shape index (κ1) is 11.9. The number of rotatable bonds is 3. The van der Waals surface area contributed by atoms with Crippen LogP contribution in [0.5, 0.6) is 0 Å². The van der Waals surface area contributed by atoms with Crippen LogP contribution >= 0.6 is 11.8 Å². The minimum Gasteiger partial charge on any atom is -0.361 e. The van der Waals surface area contributed by atoms with Crippen LogP contribution in [0.4, 0.5) is 0 Å². The van der Waals surface area contributed by atoms with Gasteiger partial charge in [0.25, 0.3) is 0 Å². The lowest BCUT2D eigenvalue weighted by molar-refractivity contribution is 0.370. The molecule has 1 N–H and O–H groups in total. The van der Waals surface area contributed by atoms with E-state index in [-0.39, 0.29) is 0 Å². The van der Waals surface area contributed by atoms with Crippen molar-refractivity contribution in [3.05, 3.63) is 0 Å². The molecule has 2 atom stereocenters. The number of nitrogens with zero attached hydrogens (tertiary/aromatic N) is 2. The van der Waals surface area contributed by atoms with Crippen LogP contribution in [0.2, 0.25) is 0 Å². The van der Waals surface area contributed by atoms with Gasteiger partial charge in [-0.25, -0.2) is 0 Å². The first-order valence-corrected chi connectivity index (χ1v) is 6.18. The molecule has 0 spiro atoms. The van der Waals surface area contributed by atoms with E-state index in [1.165, 1.54) is 12.2 Å². The van der Waals surface area contributed by atoms with E-state index in [2.05, 4.69) is 43.2 Å². The number of aliphatic imine (C=N–C) groups is 1. The van der Waals surface area contributed by atoms with Crippen LogP contribution in [0.15, 0.2) is 4.99 Å². The maximum absolute atomic E-state index is 4.58. The lowest BCUT2D eigenvalue weighted by Crippen LogP contribution is -2.39. The number of thioether (sulfide) groups is 1. The Labute approximate surface area is 91.3 Å². The van der Waals surface area contributed by atoms with Gasteiger partial charge >= 0.3 is 0 Å². The van der Waals surface area contributed by atoms with Crippen molar-refractivity contribution < 1.29 is 0 Å². The minimum atomic E-state index is 0.474. The van der Waals surface area contributed by atoms with Gasteiger partial charge in [-0.15, -0.1) is 0 Å². The lowest BCUT2D eigenvalue weighted by Gasteiger charge is -2.23. The molecule has 4 heteroatoms. The molecular formula is C10H21N3S. The molecule has 3 nitrogen and oxygen atoms in total. The monoisotopic (exact) mass is 215 g/mol. The Morgan fingerprint density at radius 1 is 1.64 bits per heavy atom. The number of likely N-dealkylation sites (N-methyl/N-ethyl adjacent to an activating group) is 1. The van der Waals surface area contributed by atoms with Gasteiger partial charge in [0.15, 0.2) is 5.17 Å². The van der Waals surface area contributed by atoms with Crippen molar-refractivity contribution in [2.75, 3.05) is 26.4 Å². The summed E-state index contributed by atoms with van der Waals surface area (Å²) in [5.74, 6) is 1.20. The highest BCUT2D eigenvalue weighted by Crippen LogP contribution is 2.15. The van der Waals surface area contributed by atoms with E-state index >= 15 is 0 Å². The normalized spacial score (nSPS) is 24.6. The summed E-state index contributed by atoms with van der Waals surface area (Å²) in [6.07, 6.45) is 1.21. The Hall–Kier alpha value is -0.220. The lowest BCUT2D eigenvalue weighted by atomic mass is 10.3. The van der Waals surface area contributed by atoms with E-state index in [1.807, 2.05) is 11.8 Å². The van der Waals surface area contributed by atoms with Crippen molar-refractivity contribution in [3.8, 4) is 0 Å². The third kappa shape index (κ3) is 4.33. The molecule has 0 saturated heterocycles. The first-order chi connectivity index (χ1) is 6.58. The zero-order valence-electron chi connectivity index (χ0n) is 9.58. The van der Waals surface area contributed by atoms with Crippen LogP contribution < -0.4 is 5.32 Å². The third-order valence-electron chi connectivity index (χ3n) is 2.12. The average Bonchev–Trinajstić information content (AvgIpc) is 2.01. The van der Waals surface area contributed by atoms with E-state index in [1.54, 1.807) is 0 Å². The Bertz CT molecular complexity index is 204. The smallest absolute Gasteiger partial charge is 0.157 e. The maximum atomic E-state index is 4.58. The molecule has 1 aliphatic heterocycles. The van der Waals surface area contributed by atoms with E-state index in [0.717, 1.165) is 11.7 Å². The SMILES string of the molecule is CC1CCSC(NC(C)CN(C)C)=N1. The molecule has 0 aromatic heterocycles. The Morgan fingerprint density at radius 2 is 2.36 bits per heavy atom. The quantitative estimate of drug-likeness (QED) is 0.771. The second kappa shape index (κ2) is 5.61. The van der Waals surface area contributed by atoms with Gasteiger partial charge in [-0.3, -0.25) is 4.99 Å². The van der Waals surface area contributed by atoms with Crippen molar-refractivity contribution in [2.24, 2.45) is 4.99 Å². The molecule has 0 aromatic rings. The summed E-state index contributed by atoms with van der Waals surface area (Å²) in [4.78, 5) is 6.77. The van der Waals surface area contributed by atoms with E-state index < -0.39 is 0 Å². The average molecular weight is 215 g/mol. The highest BCUT2D eigenvalue weighted by molar-refractivity contribution is 8.13. The molecule has 0 aromatic carbocycles. The topological polar surface area (TPSA) is 27.6 Å². The molecule has 0 saturated carbocycles. The van der Waals surface area contributed by atoms with Crippen molar-refractivity contribution in [3.63, 3.8) is 0 Å². The van der Waals surface area contributed by atoms with Crippen LogP contribution in [0.1, 0.15) is 20.3 Å². The van der Waals surface area contributed by atoms with Crippen molar-refractivity contribution in [1.82, 2.24) is 10.2 Å².